The van der Waals surface area contributed by atoms with Gasteiger partial charge in [-0.2, -0.15) is 0 Å². The van der Waals surface area contributed by atoms with Gasteiger partial charge in [-0.3, -0.25) is 4.79 Å². The fraction of sp³-hybridized carbons (Fsp3) is 0.316. The van der Waals surface area contributed by atoms with Gasteiger partial charge < -0.3 is 14.4 Å². The van der Waals surface area contributed by atoms with Gasteiger partial charge in [-0.25, -0.2) is 4.39 Å². The maximum atomic E-state index is 13.8. The van der Waals surface area contributed by atoms with Gasteiger partial charge in [0.15, 0.2) is 11.6 Å². The molecule has 2 aromatic rings. The molecule has 126 valence electrons. The predicted octanol–water partition coefficient (Wildman–Crippen LogP) is 3.05. The van der Waals surface area contributed by atoms with E-state index in [9.17, 15) is 9.18 Å². The van der Waals surface area contributed by atoms with Crippen molar-refractivity contribution in [3.05, 3.63) is 65.0 Å². The molecule has 5 heteroatoms. The fourth-order valence-corrected chi connectivity index (χ4v) is 2.93. The molecule has 24 heavy (non-hydrogen) atoms. The number of carbonyl (C=O) groups excluding carboxylic acids is 1. The first-order valence-corrected chi connectivity index (χ1v) is 7.86. The molecule has 2 aromatic carbocycles. The normalized spacial score (nSPS) is 16.4. The van der Waals surface area contributed by atoms with Crippen LogP contribution in [0.25, 0.3) is 0 Å². The molecule has 0 aliphatic carbocycles. The summed E-state index contributed by atoms with van der Waals surface area (Å²) in [7, 11) is 3.10. The average Bonchev–Trinajstić information content (AvgIpc) is 2.60. The van der Waals surface area contributed by atoms with E-state index in [4.69, 9.17) is 9.47 Å². The van der Waals surface area contributed by atoms with Crippen molar-refractivity contribution in [1.29, 1.82) is 0 Å². The van der Waals surface area contributed by atoms with Crippen molar-refractivity contribution in [2.75, 3.05) is 20.7 Å². The number of halogens is 1. The van der Waals surface area contributed by atoms with Crippen molar-refractivity contribution in [3.63, 3.8) is 0 Å². The summed E-state index contributed by atoms with van der Waals surface area (Å²) in [5.74, 6) is -0.653. The lowest BCUT2D eigenvalue weighted by Gasteiger charge is -2.29. The third-order valence-electron chi connectivity index (χ3n) is 4.26. The van der Waals surface area contributed by atoms with E-state index in [-0.39, 0.29) is 17.8 Å². The van der Waals surface area contributed by atoms with E-state index in [0.717, 1.165) is 6.42 Å². The minimum absolute atomic E-state index is 0.0584. The molecule has 1 aliphatic rings. The Hall–Kier alpha value is -2.40. The Morgan fingerprint density at radius 3 is 2.75 bits per heavy atom. The van der Waals surface area contributed by atoms with Gasteiger partial charge in [0, 0.05) is 25.6 Å². The third-order valence-corrected chi connectivity index (χ3v) is 4.26. The molecule has 0 bridgehead atoms. The second-order valence-electron chi connectivity index (χ2n) is 5.94. The van der Waals surface area contributed by atoms with Crippen LogP contribution in [0.4, 0.5) is 4.39 Å². The summed E-state index contributed by atoms with van der Waals surface area (Å²) in [6.45, 7) is 1.01. The number of nitrogens with zero attached hydrogens (tertiary/aromatic N) is 1. The van der Waals surface area contributed by atoms with Crippen LogP contribution in [0.5, 0.6) is 5.75 Å². The van der Waals surface area contributed by atoms with Crippen LogP contribution in [0, 0.1) is 5.82 Å². The van der Waals surface area contributed by atoms with Gasteiger partial charge in [-0.05, 0) is 29.3 Å². The maximum Gasteiger partial charge on any atom is 0.253 e. The Morgan fingerprint density at radius 1 is 1.29 bits per heavy atom. The molecule has 0 aromatic heterocycles. The van der Waals surface area contributed by atoms with E-state index in [0.29, 0.717) is 18.7 Å². The van der Waals surface area contributed by atoms with Gasteiger partial charge in [0.05, 0.1) is 19.8 Å². The Kier molecular flexibility index (Phi) is 4.81. The van der Waals surface area contributed by atoms with Crippen molar-refractivity contribution in [2.24, 2.45) is 0 Å². The van der Waals surface area contributed by atoms with Gasteiger partial charge in [-0.1, -0.05) is 24.3 Å². The van der Waals surface area contributed by atoms with Crippen molar-refractivity contribution < 1.29 is 18.7 Å². The molecule has 1 amide bonds. The molecule has 3 rings (SSSR count). The van der Waals surface area contributed by atoms with Crippen molar-refractivity contribution in [3.8, 4) is 5.75 Å². The third kappa shape index (κ3) is 3.41. The summed E-state index contributed by atoms with van der Waals surface area (Å²) in [6, 6.07) is 12.4. The molecule has 0 saturated heterocycles. The smallest absolute Gasteiger partial charge is 0.253 e. The lowest BCUT2D eigenvalue weighted by atomic mass is 9.99. The number of rotatable bonds is 4. The number of ether oxygens (including phenoxy) is 2. The van der Waals surface area contributed by atoms with Gasteiger partial charge in [0.2, 0.25) is 0 Å². The number of benzene rings is 2. The van der Waals surface area contributed by atoms with Crippen molar-refractivity contribution >= 4 is 5.91 Å². The zero-order valence-corrected chi connectivity index (χ0v) is 13.8. The Morgan fingerprint density at radius 2 is 2.04 bits per heavy atom. The predicted molar refractivity (Wildman–Crippen MR) is 88.6 cm³/mol. The van der Waals surface area contributed by atoms with Gasteiger partial charge in [0.25, 0.3) is 5.91 Å². The number of amides is 1. The van der Waals surface area contributed by atoms with E-state index in [1.807, 2.05) is 12.1 Å². The lowest BCUT2D eigenvalue weighted by Crippen LogP contribution is -2.38. The zero-order chi connectivity index (χ0) is 17.1. The van der Waals surface area contributed by atoms with E-state index in [2.05, 4.69) is 12.1 Å². The molecule has 0 radical (unpaired) electrons. The van der Waals surface area contributed by atoms with Crippen molar-refractivity contribution in [1.82, 2.24) is 4.90 Å². The first-order valence-electron chi connectivity index (χ1n) is 7.86. The highest BCUT2D eigenvalue weighted by Gasteiger charge is 2.23. The molecule has 1 heterocycles. The van der Waals surface area contributed by atoms with Crippen molar-refractivity contribution in [2.45, 2.75) is 19.1 Å². The van der Waals surface area contributed by atoms with Gasteiger partial charge in [0.1, 0.15) is 0 Å². The SMILES string of the molecule is COc1ccc(C(=O)N(C)CC2Cc3ccccc3CO2)cc1F. The summed E-state index contributed by atoms with van der Waals surface area (Å²) in [6.07, 6.45) is 0.710. The molecule has 1 atom stereocenters. The van der Waals surface area contributed by atoms with Crippen LogP contribution in [0.1, 0.15) is 21.5 Å². The maximum absolute atomic E-state index is 13.8. The van der Waals surface area contributed by atoms with Crippen LogP contribution in [0.3, 0.4) is 0 Å². The highest BCUT2D eigenvalue weighted by molar-refractivity contribution is 5.94. The molecule has 1 unspecified atom stereocenters. The van der Waals surface area contributed by atoms with Crippen LogP contribution in [-0.2, 0) is 17.8 Å². The topological polar surface area (TPSA) is 38.8 Å². The van der Waals surface area contributed by atoms with Gasteiger partial charge in [-0.15, -0.1) is 0 Å². The Labute approximate surface area is 140 Å². The van der Waals surface area contributed by atoms with Crippen LogP contribution >= 0.6 is 0 Å². The number of hydrogen-bond donors (Lipinski definition) is 0. The number of hydrogen-bond acceptors (Lipinski definition) is 3. The first-order chi connectivity index (χ1) is 11.6. The lowest BCUT2D eigenvalue weighted by molar-refractivity contribution is 0.00984. The molecular formula is C19H20FNO3. The number of fused-ring (bicyclic) bond motifs is 1. The van der Waals surface area contributed by atoms with Crippen LogP contribution < -0.4 is 4.74 Å². The van der Waals surface area contributed by atoms with E-state index >= 15 is 0 Å². The molecule has 4 nitrogen and oxygen atoms in total. The monoisotopic (exact) mass is 329 g/mol. The fourth-order valence-electron chi connectivity index (χ4n) is 2.93. The minimum atomic E-state index is -0.542. The number of carbonyl (C=O) groups is 1. The number of methoxy groups -OCH3 is 1. The molecule has 1 aliphatic heterocycles. The zero-order valence-electron chi connectivity index (χ0n) is 13.8. The molecule has 0 spiro atoms. The molecule has 0 saturated carbocycles. The molecular weight excluding hydrogens is 309 g/mol. The minimum Gasteiger partial charge on any atom is -0.494 e. The highest BCUT2D eigenvalue weighted by atomic mass is 19.1. The first kappa shape index (κ1) is 16.5. The molecule has 0 N–H and O–H groups in total. The van der Waals surface area contributed by atoms with E-state index < -0.39 is 5.82 Å². The van der Waals surface area contributed by atoms with Crippen LogP contribution in [0.15, 0.2) is 42.5 Å². The second-order valence-corrected chi connectivity index (χ2v) is 5.94. The summed E-state index contributed by atoms with van der Waals surface area (Å²) < 4.78 is 24.5. The number of likely N-dealkylation sites (N-methyl/N-ethyl adjacent to an activating group) is 1. The summed E-state index contributed by atoms with van der Waals surface area (Å²) in [5.41, 5.74) is 2.75. The quantitative estimate of drug-likeness (QED) is 0.865. The molecule has 0 fully saturated rings. The summed E-state index contributed by atoms with van der Waals surface area (Å²) >= 11 is 0. The summed E-state index contributed by atoms with van der Waals surface area (Å²) in [5, 5.41) is 0. The second kappa shape index (κ2) is 7.01. The summed E-state index contributed by atoms with van der Waals surface area (Å²) in [4.78, 5) is 14.0. The largest absolute Gasteiger partial charge is 0.494 e. The van der Waals surface area contributed by atoms with Crippen LogP contribution in [-0.4, -0.2) is 37.6 Å². The average molecular weight is 329 g/mol. The van der Waals surface area contributed by atoms with E-state index in [1.165, 1.54) is 30.4 Å². The highest BCUT2D eigenvalue weighted by Crippen LogP contribution is 2.22. The van der Waals surface area contributed by atoms with Crippen LogP contribution in [0.2, 0.25) is 0 Å². The van der Waals surface area contributed by atoms with Gasteiger partial charge >= 0.3 is 0 Å². The Balaban J connectivity index is 1.66. The standard InChI is InChI=1S/C19H20FNO3/c1-21(19(22)14-7-8-18(23-2)17(20)10-14)11-16-9-13-5-3-4-6-15(13)12-24-16/h3-8,10,16H,9,11-12H2,1-2H3. The Bertz CT molecular complexity index is 747. The van der Waals surface area contributed by atoms with E-state index in [1.54, 1.807) is 18.0 Å².